The first-order valence-corrected chi connectivity index (χ1v) is 10.3. The molecule has 0 aliphatic carbocycles. The maximum Gasteiger partial charge on any atom is 0.294 e. The lowest BCUT2D eigenvalue weighted by Crippen LogP contribution is -2.30. The molecule has 0 bridgehead atoms. The summed E-state index contributed by atoms with van der Waals surface area (Å²) < 4.78 is 5.19. The standard InChI is InChI=1S/C21H17NO4S2/c1-12-9-11-28-20(12)17-16(18(23)15-4-3-10-27-15)19(24)21(25)22(17)13-5-7-14(26-2)8-6-13/h3-11,17,24H,1-2H3. The molecule has 5 nitrogen and oxygen atoms in total. The van der Waals surface area contributed by atoms with Crippen molar-refractivity contribution in [2.45, 2.75) is 13.0 Å². The molecule has 7 heteroatoms. The number of nitrogens with zero attached hydrogens (tertiary/aromatic N) is 1. The lowest BCUT2D eigenvalue weighted by molar-refractivity contribution is -0.117. The lowest BCUT2D eigenvalue weighted by Gasteiger charge is -2.26. The van der Waals surface area contributed by atoms with Crippen molar-refractivity contribution in [1.82, 2.24) is 0 Å². The average molecular weight is 412 g/mol. The second kappa shape index (κ2) is 7.26. The predicted octanol–water partition coefficient (Wildman–Crippen LogP) is 4.91. The fourth-order valence-electron chi connectivity index (χ4n) is 3.30. The Morgan fingerprint density at radius 1 is 1.11 bits per heavy atom. The van der Waals surface area contributed by atoms with Gasteiger partial charge in [-0.2, -0.15) is 0 Å². The van der Waals surface area contributed by atoms with Gasteiger partial charge in [0.05, 0.1) is 17.6 Å². The number of ether oxygens (including phenoxy) is 1. The molecule has 0 spiro atoms. The molecule has 142 valence electrons. The summed E-state index contributed by atoms with van der Waals surface area (Å²) in [6.45, 7) is 1.94. The van der Waals surface area contributed by atoms with Gasteiger partial charge in [-0.3, -0.25) is 14.5 Å². The minimum absolute atomic E-state index is 0.119. The van der Waals surface area contributed by atoms with E-state index < -0.39 is 17.7 Å². The normalized spacial score (nSPS) is 16.7. The third-order valence-electron chi connectivity index (χ3n) is 4.70. The van der Waals surface area contributed by atoms with Crippen LogP contribution in [-0.4, -0.2) is 23.9 Å². The van der Waals surface area contributed by atoms with Crippen LogP contribution in [0.4, 0.5) is 5.69 Å². The van der Waals surface area contributed by atoms with E-state index in [1.807, 2.05) is 18.4 Å². The highest BCUT2D eigenvalue weighted by Gasteiger charge is 2.45. The van der Waals surface area contributed by atoms with Crippen LogP contribution in [0.15, 0.2) is 64.6 Å². The second-order valence-electron chi connectivity index (χ2n) is 6.31. The Balaban J connectivity index is 1.86. The van der Waals surface area contributed by atoms with Crippen LogP contribution in [0.1, 0.15) is 26.2 Å². The van der Waals surface area contributed by atoms with Gasteiger partial charge in [0, 0.05) is 10.6 Å². The first-order chi connectivity index (χ1) is 13.5. The molecule has 1 unspecified atom stereocenters. The summed E-state index contributed by atoms with van der Waals surface area (Å²) in [6, 6.07) is 11.7. The Hall–Kier alpha value is -2.90. The number of ketones is 1. The number of hydrogen-bond acceptors (Lipinski definition) is 6. The Morgan fingerprint density at radius 2 is 1.86 bits per heavy atom. The number of carbonyl (C=O) groups excluding carboxylic acids is 2. The predicted molar refractivity (Wildman–Crippen MR) is 111 cm³/mol. The smallest absolute Gasteiger partial charge is 0.294 e. The number of aliphatic hydroxyl groups excluding tert-OH is 1. The van der Waals surface area contributed by atoms with Gasteiger partial charge in [0.1, 0.15) is 11.8 Å². The molecule has 0 saturated heterocycles. The molecule has 1 aliphatic heterocycles. The largest absolute Gasteiger partial charge is 0.503 e. The molecule has 4 rings (SSSR count). The molecule has 0 saturated carbocycles. The number of benzene rings is 1. The van der Waals surface area contributed by atoms with E-state index in [9.17, 15) is 14.7 Å². The van der Waals surface area contributed by atoms with Crippen molar-refractivity contribution in [1.29, 1.82) is 0 Å². The van der Waals surface area contributed by atoms with Gasteiger partial charge >= 0.3 is 0 Å². The third kappa shape index (κ3) is 2.93. The average Bonchev–Trinajstić information content (AvgIpc) is 3.43. The molecular formula is C21H17NO4S2. The van der Waals surface area contributed by atoms with Gasteiger partial charge in [0.2, 0.25) is 5.78 Å². The van der Waals surface area contributed by atoms with E-state index in [0.29, 0.717) is 16.3 Å². The minimum Gasteiger partial charge on any atom is -0.503 e. The molecule has 3 aromatic rings. The Labute approximate surface area is 170 Å². The summed E-state index contributed by atoms with van der Waals surface area (Å²) in [5, 5.41) is 14.4. The number of hydrogen-bond donors (Lipinski definition) is 1. The number of methoxy groups -OCH3 is 1. The van der Waals surface area contributed by atoms with Gasteiger partial charge in [0.15, 0.2) is 5.76 Å². The van der Waals surface area contributed by atoms with E-state index in [-0.39, 0.29) is 11.4 Å². The van der Waals surface area contributed by atoms with Crippen LogP contribution in [-0.2, 0) is 4.79 Å². The Bertz CT molecular complexity index is 1060. The van der Waals surface area contributed by atoms with Crippen LogP contribution >= 0.6 is 22.7 Å². The van der Waals surface area contributed by atoms with Crippen LogP contribution in [0.3, 0.4) is 0 Å². The molecule has 2 aromatic heterocycles. The van der Waals surface area contributed by atoms with Gasteiger partial charge in [-0.25, -0.2) is 0 Å². The van der Waals surface area contributed by atoms with Crippen molar-refractivity contribution in [3.63, 3.8) is 0 Å². The lowest BCUT2D eigenvalue weighted by atomic mass is 9.99. The highest BCUT2D eigenvalue weighted by molar-refractivity contribution is 7.12. The van der Waals surface area contributed by atoms with Crippen LogP contribution < -0.4 is 9.64 Å². The minimum atomic E-state index is -0.671. The van der Waals surface area contributed by atoms with Crippen molar-refractivity contribution in [2.24, 2.45) is 0 Å². The zero-order valence-corrected chi connectivity index (χ0v) is 16.8. The maximum absolute atomic E-state index is 13.2. The summed E-state index contributed by atoms with van der Waals surface area (Å²) in [5.41, 5.74) is 1.67. The first-order valence-electron chi connectivity index (χ1n) is 8.56. The van der Waals surface area contributed by atoms with Crippen LogP contribution in [0, 0.1) is 6.92 Å². The van der Waals surface area contributed by atoms with Gasteiger partial charge in [0.25, 0.3) is 5.91 Å². The highest BCUT2D eigenvalue weighted by atomic mass is 32.1. The van der Waals surface area contributed by atoms with Gasteiger partial charge in [-0.15, -0.1) is 22.7 Å². The molecule has 0 radical (unpaired) electrons. The third-order valence-corrected chi connectivity index (χ3v) is 6.64. The number of aliphatic hydroxyl groups is 1. The van der Waals surface area contributed by atoms with Gasteiger partial charge in [-0.05, 0) is 59.6 Å². The first kappa shape index (κ1) is 18.5. The zero-order chi connectivity index (χ0) is 19.8. The molecule has 1 amide bonds. The maximum atomic E-state index is 13.2. The fraction of sp³-hybridized carbons (Fsp3) is 0.143. The number of anilines is 1. The van der Waals surface area contributed by atoms with E-state index in [2.05, 4.69) is 0 Å². The highest BCUT2D eigenvalue weighted by Crippen LogP contribution is 2.45. The summed E-state index contributed by atoms with van der Waals surface area (Å²) in [7, 11) is 1.57. The van der Waals surface area contributed by atoms with Gasteiger partial charge < -0.3 is 9.84 Å². The van der Waals surface area contributed by atoms with E-state index in [1.54, 1.807) is 48.9 Å². The van der Waals surface area contributed by atoms with Crippen molar-refractivity contribution >= 4 is 40.1 Å². The number of amides is 1. The quantitative estimate of drug-likeness (QED) is 0.606. The summed E-state index contributed by atoms with van der Waals surface area (Å²) in [5.74, 6) is -0.740. The van der Waals surface area contributed by atoms with Gasteiger partial charge in [-0.1, -0.05) is 6.07 Å². The summed E-state index contributed by atoms with van der Waals surface area (Å²) >= 11 is 2.75. The van der Waals surface area contributed by atoms with E-state index in [4.69, 9.17) is 4.74 Å². The number of Topliss-reactive ketones (excluding diaryl/α,β-unsaturated/α-hetero) is 1. The van der Waals surface area contributed by atoms with Crippen LogP contribution in [0.2, 0.25) is 0 Å². The van der Waals surface area contributed by atoms with Crippen molar-refractivity contribution in [3.05, 3.63) is 79.9 Å². The zero-order valence-electron chi connectivity index (χ0n) is 15.2. The fourth-order valence-corrected chi connectivity index (χ4v) is 5.00. The summed E-state index contributed by atoms with van der Waals surface area (Å²) in [4.78, 5) is 29.0. The molecule has 0 fully saturated rings. The molecular weight excluding hydrogens is 394 g/mol. The number of thiophene rings is 2. The Kier molecular flexibility index (Phi) is 4.78. The van der Waals surface area contributed by atoms with Crippen LogP contribution in [0.5, 0.6) is 5.75 Å². The monoisotopic (exact) mass is 411 g/mol. The van der Waals surface area contributed by atoms with E-state index in [1.165, 1.54) is 27.6 Å². The molecule has 28 heavy (non-hydrogen) atoms. The number of aryl methyl sites for hydroxylation is 1. The molecule has 1 N–H and O–H groups in total. The SMILES string of the molecule is COc1ccc(N2C(=O)C(O)=C(C(=O)c3cccs3)C2c2sccc2C)cc1. The van der Waals surface area contributed by atoms with Crippen LogP contribution in [0.25, 0.3) is 0 Å². The molecule has 1 atom stereocenters. The van der Waals surface area contributed by atoms with Crippen molar-refractivity contribution in [2.75, 3.05) is 12.0 Å². The topological polar surface area (TPSA) is 66.8 Å². The Morgan fingerprint density at radius 3 is 2.43 bits per heavy atom. The number of carbonyl (C=O) groups is 2. The number of rotatable bonds is 5. The molecule has 1 aromatic carbocycles. The second-order valence-corrected chi connectivity index (χ2v) is 8.21. The molecule has 1 aliphatic rings. The molecule has 3 heterocycles. The van der Waals surface area contributed by atoms with E-state index in [0.717, 1.165) is 10.4 Å². The van der Waals surface area contributed by atoms with Crippen molar-refractivity contribution in [3.8, 4) is 5.75 Å². The van der Waals surface area contributed by atoms with Crippen molar-refractivity contribution < 1.29 is 19.4 Å². The summed E-state index contributed by atoms with van der Waals surface area (Å²) in [6.07, 6.45) is 0. The van der Waals surface area contributed by atoms with E-state index >= 15 is 0 Å².